The quantitative estimate of drug-likeness (QED) is 0.360. The minimum Gasteiger partial charge on any atom is -0.497 e. The number of benzene rings is 3. The van der Waals surface area contributed by atoms with Crippen molar-refractivity contribution < 1.29 is 33.4 Å². The maximum absolute atomic E-state index is 13.4. The Balaban J connectivity index is 1.57. The van der Waals surface area contributed by atoms with E-state index < -0.39 is 17.2 Å². The van der Waals surface area contributed by atoms with Gasteiger partial charge in [0, 0.05) is 12.1 Å². The summed E-state index contributed by atoms with van der Waals surface area (Å²) in [5.74, 6) is -0.859. The molecule has 10 nitrogen and oxygen atoms in total. The summed E-state index contributed by atoms with van der Waals surface area (Å²) < 4.78 is 15.0. The molecule has 1 N–H and O–H groups in total. The third-order valence-electron chi connectivity index (χ3n) is 6.11. The predicted molar refractivity (Wildman–Crippen MR) is 155 cm³/mol. The lowest BCUT2D eigenvalue weighted by Crippen LogP contribution is -2.44. The van der Waals surface area contributed by atoms with Gasteiger partial charge in [0.1, 0.15) is 11.0 Å². The topological polar surface area (TPSA) is 124 Å². The number of nitrogens with one attached hydrogen (secondary N) is 1. The Morgan fingerprint density at radius 1 is 0.927 bits per heavy atom. The van der Waals surface area contributed by atoms with Gasteiger partial charge in [-0.25, -0.2) is 14.6 Å². The van der Waals surface area contributed by atoms with Gasteiger partial charge in [-0.15, -0.1) is 0 Å². The molecule has 1 aliphatic heterocycles. The first-order valence-corrected chi connectivity index (χ1v) is 13.6. The Hall–Kier alpha value is -4.64. The van der Waals surface area contributed by atoms with Gasteiger partial charge in [0.05, 0.1) is 44.2 Å². The molecule has 3 aromatic rings. The Labute approximate surface area is 241 Å². The molecular weight excluding hydrogens is 546 g/mol. The van der Waals surface area contributed by atoms with E-state index in [0.717, 1.165) is 5.56 Å². The number of aliphatic imine (C=N–C) groups is 1. The van der Waals surface area contributed by atoms with Crippen LogP contribution in [0.2, 0.25) is 0 Å². The highest BCUT2D eigenvalue weighted by Gasteiger charge is 2.36. The summed E-state index contributed by atoms with van der Waals surface area (Å²) in [6.07, 6.45) is -0.0340. The molecule has 0 aliphatic carbocycles. The minimum absolute atomic E-state index is 0.0340. The molecule has 1 aliphatic rings. The van der Waals surface area contributed by atoms with Crippen LogP contribution in [0.1, 0.15) is 39.6 Å². The van der Waals surface area contributed by atoms with Gasteiger partial charge in [-0.3, -0.25) is 14.5 Å². The number of methoxy groups -OCH3 is 2. The van der Waals surface area contributed by atoms with Crippen molar-refractivity contribution in [2.75, 3.05) is 26.1 Å². The second kappa shape index (κ2) is 13.6. The van der Waals surface area contributed by atoms with Crippen LogP contribution in [0.3, 0.4) is 0 Å². The Morgan fingerprint density at radius 3 is 2.17 bits per heavy atom. The molecule has 0 bridgehead atoms. The summed E-state index contributed by atoms with van der Waals surface area (Å²) >= 11 is 1.18. The van der Waals surface area contributed by atoms with E-state index in [1.807, 2.05) is 24.3 Å². The van der Waals surface area contributed by atoms with Crippen LogP contribution in [-0.2, 0) is 25.6 Å². The van der Waals surface area contributed by atoms with Crippen molar-refractivity contribution in [1.82, 2.24) is 4.90 Å². The standard InChI is InChI=1S/C30H29N3O7S/c1-4-40-29(37)21-9-13-23(14-10-21)32-30-33(18-19-5-15-24(38-2)16-6-19)26(34)17-25(41-30)27(35)31-22-11-7-20(8-12-22)28(36)39-3/h5-16,25H,4,17-18H2,1-3H3,(H,31,35). The van der Waals surface area contributed by atoms with Gasteiger partial charge >= 0.3 is 11.9 Å². The number of esters is 2. The molecule has 0 radical (unpaired) electrons. The van der Waals surface area contributed by atoms with Crippen LogP contribution in [0.5, 0.6) is 5.75 Å². The van der Waals surface area contributed by atoms with Crippen LogP contribution in [0.25, 0.3) is 0 Å². The predicted octanol–water partition coefficient (Wildman–Crippen LogP) is 4.82. The normalized spacial score (nSPS) is 15.8. The van der Waals surface area contributed by atoms with Crippen molar-refractivity contribution in [2.24, 2.45) is 4.99 Å². The van der Waals surface area contributed by atoms with Crippen LogP contribution in [0, 0.1) is 0 Å². The molecule has 1 fully saturated rings. The Kier molecular flexibility index (Phi) is 9.75. The number of thioether (sulfide) groups is 1. The van der Waals surface area contributed by atoms with E-state index in [9.17, 15) is 19.2 Å². The number of hydrogen-bond donors (Lipinski definition) is 1. The molecule has 1 saturated heterocycles. The second-order valence-electron chi connectivity index (χ2n) is 8.86. The summed E-state index contributed by atoms with van der Waals surface area (Å²) in [5.41, 5.74) is 2.58. The molecule has 1 unspecified atom stereocenters. The van der Waals surface area contributed by atoms with Crippen LogP contribution in [0.4, 0.5) is 11.4 Å². The number of rotatable bonds is 9. The van der Waals surface area contributed by atoms with Crippen LogP contribution >= 0.6 is 11.8 Å². The zero-order valence-corrected chi connectivity index (χ0v) is 23.6. The fourth-order valence-electron chi connectivity index (χ4n) is 3.94. The molecule has 3 aromatic carbocycles. The largest absolute Gasteiger partial charge is 0.497 e. The average Bonchev–Trinajstić information content (AvgIpc) is 2.99. The molecule has 0 spiro atoms. The van der Waals surface area contributed by atoms with Gasteiger partial charge < -0.3 is 19.5 Å². The van der Waals surface area contributed by atoms with Crippen molar-refractivity contribution in [1.29, 1.82) is 0 Å². The van der Waals surface area contributed by atoms with Crippen molar-refractivity contribution in [2.45, 2.75) is 25.1 Å². The molecule has 11 heteroatoms. The first-order chi connectivity index (χ1) is 19.8. The highest BCUT2D eigenvalue weighted by Crippen LogP contribution is 2.31. The average molecular weight is 576 g/mol. The fraction of sp³-hybridized carbons (Fsp3) is 0.233. The highest BCUT2D eigenvalue weighted by molar-refractivity contribution is 8.15. The van der Waals surface area contributed by atoms with Gasteiger partial charge in [0.15, 0.2) is 5.17 Å². The number of amides is 2. The number of amidine groups is 1. The van der Waals surface area contributed by atoms with E-state index in [2.05, 4.69) is 10.3 Å². The molecule has 212 valence electrons. The number of ether oxygens (including phenoxy) is 3. The number of anilines is 1. The van der Waals surface area contributed by atoms with Crippen LogP contribution < -0.4 is 10.1 Å². The molecule has 0 saturated carbocycles. The number of nitrogens with zero attached hydrogens (tertiary/aromatic N) is 2. The van der Waals surface area contributed by atoms with Crippen LogP contribution in [0.15, 0.2) is 77.8 Å². The minimum atomic E-state index is -0.743. The lowest BCUT2D eigenvalue weighted by molar-refractivity contribution is -0.129. The first kappa shape index (κ1) is 29.3. The SMILES string of the molecule is CCOC(=O)c1ccc(N=C2SC(C(=O)Nc3ccc(C(=O)OC)cc3)CC(=O)N2Cc2ccc(OC)cc2)cc1. The fourth-order valence-corrected chi connectivity index (χ4v) is 5.04. The monoisotopic (exact) mass is 575 g/mol. The first-order valence-electron chi connectivity index (χ1n) is 12.8. The van der Waals surface area contributed by atoms with E-state index in [0.29, 0.717) is 33.4 Å². The van der Waals surface area contributed by atoms with Gasteiger partial charge in [-0.1, -0.05) is 23.9 Å². The Morgan fingerprint density at radius 2 is 1.56 bits per heavy atom. The van der Waals surface area contributed by atoms with Gasteiger partial charge in [-0.2, -0.15) is 0 Å². The number of carbonyl (C=O) groups excluding carboxylic acids is 4. The van der Waals surface area contributed by atoms with Crippen molar-refractivity contribution in [3.05, 3.63) is 89.5 Å². The maximum Gasteiger partial charge on any atom is 0.338 e. The van der Waals surface area contributed by atoms with Gasteiger partial charge in [0.2, 0.25) is 11.8 Å². The van der Waals surface area contributed by atoms with E-state index >= 15 is 0 Å². The molecule has 1 atom stereocenters. The summed E-state index contributed by atoms with van der Waals surface area (Å²) in [7, 11) is 2.87. The highest BCUT2D eigenvalue weighted by atomic mass is 32.2. The van der Waals surface area contributed by atoms with E-state index in [4.69, 9.17) is 14.2 Å². The van der Waals surface area contributed by atoms with E-state index in [1.165, 1.54) is 18.9 Å². The number of hydrogen-bond acceptors (Lipinski definition) is 9. The van der Waals surface area contributed by atoms with Gasteiger partial charge in [0.25, 0.3) is 0 Å². The molecule has 0 aromatic heterocycles. The van der Waals surface area contributed by atoms with Crippen molar-refractivity contribution in [3.63, 3.8) is 0 Å². The summed E-state index contributed by atoms with van der Waals surface area (Å²) in [6, 6.07) is 20.1. The van der Waals surface area contributed by atoms with Crippen molar-refractivity contribution in [3.8, 4) is 5.75 Å². The molecule has 4 rings (SSSR count). The van der Waals surface area contributed by atoms with Gasteiger partial charge in [-0.05, 0) is 73.2 Å². The van der Waals surface area contributed by atoms with Crippen LogP contribution in [-0.4, -0.2) is 59.9 Å². The third-order valence-corrected chi connectivity index (χ3v) is 7.30. The smallest absolute Gasteiger partial charge is 0.338 e. The molecule has 1 heterocycles. The molecule has 2 amide bonds. The number of carbonyl (C=O) groups is 4. The molecule has 41 heavy (non-hydrogen) atoms. The zero-order valence-electron chi connectivity index (χ0n) is 22.8. The second-order valence-corrected chi connectivity index (χ2v) is 10.0. The van der Waals surface area contributed by atoms with E-state index in [-0.39, 0.29) is 31.4 Å². The van der Waals surface area contributed by atoms with E-state index in [1.54, 1.807) is 67.5 Å². The summed E-state index contributed by atoms with van der Waals surface area (Å²) in [4.78, 5) is 56.5. The summed E-state index contributed by atoms with van der Waals surface area (Å²) in [5, 5.41) is 2.41. The maximum atomic E-state index is 13.4. The molecular formula is C30H29N3O7S. The zero-order chi connectivity index (χ0) is 29.4. The third kappa shape index (κ3) is 7.52. The lowest BCUT2D eigenvalue weighted by atomic mass is 10.1. The summed E-state index contributed by atoms with van der Waals surface area (Å²) in [6.45, 7) is 2.25. The van der Waals surface area contributed by atoms with Crippen molar-refractivity contribution >= 4 is 52.1 Å². The lowest BCUT2D eigenvalue weighted by Gasteiger charge is -2.32. The Bertz CT molecular complexity index is 1440.